The predicted octanol–water partition coefficient (Wildman–Crippen LogP) is 3.48. The molecule has 3 rings (SSSR count). The molecule has 3 aromatic rings. The summed E-state index contributed by atoms with van der Waals surface area (Å²) in [5.41, 5.74) is 1.28. The van der Waals surface area contributed by atoms with E-state index in [1.165, 1.54) is 10.6 Å². The Morgan fingerprint density at radius 1 is 1.14 bits per heavy atom. The van der Waals surface area contributed by atoms with Crippen molar-refractivity contribution in [3.8, 4) is 11.5 Å². The van der Waals surface area contributed by atoms with Gasteiger partial charge in [0.05, 0.1) is 5.52 Å². The van der Waals surface area contributed by atoms with Crippen molar-refractivity contribution in [1.29, 1.82) is 0 Å². The van der Waals surface area contributed by atoms with Gasteiger partial charge in [0.1, 0.15) is 12.4 Å². The minimum Gasteiger partial charge on any atom is -0.503 e. The van der Waals surface area contributed by atoms with Gasteiger partial charge in [0.25, 0.3) is 5.56 Å². The lowest BCUT2D eigenvalue weighted by Crippen LogP contribution is -2.16. The molecule has 0 aliphatic heterocycles. The van der Waals surface area contributed by atoms with Crippen LogP contribution < -0.4 is 10.3 Å². The number of halogens is 1. The molecule has 5 heteroatoms. The molecule has 0 amide bonds. The molecule has 0 unspecified atom stereocenters. The SMILES string of the molecule is Cn1c(=O)c(O)cc2ccc(OCc3ccc(Cl)cc3)cc21. The van der Waals surface area contributed by atoms with Crippen molar-refractivity contribution < 1.29 is 9.84 Å². The zero-order chi connectivity index (χ0) is 15.7. The Labute approximate surface area is 132 Å². The van der Waals surface area contributed by atoms with Gasteiger partial charge in [-0.3, -0.25) is 4.79 Å². The second kappa shape index (κ2) is 5.73. The quantitative estimate of drug-likeness (QED) is 0.805. The van der Waals surface area contributed by atoms with E-state index in [1.54, 1.807) is 13.1 Å². The van der Waals surface area contributed by atoms with Gasteiger partial charge < -0.3 is 14.4 Å². The van der Waals surface area contributed by atoms with E-state index in [9.17, 15) is 9.90 Å². The smallest absolute Gasteiger partial charge is 0.292 e. The zero-order valence-electron chi connectivity index (χ0n) is 11.9. The van der Waals surface area contributed by atoms with Crippen LogP contribution in [0.3, 0.4) is 0 Å². The van der Waals surface area contributed by atoms with Crippen LogP contribution in [0.15, 0.2) is 53.3 Å². The number of fused-ring (bicyclic) bond motifs is 1. The van der Waals surface area contributed by atoms with Crippen LogP contribution in [0.4, 0.5) is 0 Å². The fourth-order valence-electron chi connectivity index (χ4n) is 2.26. The molecular formula is C17H14ClNO3. The van der Waals surface area contributed by atoms with Crippen LogP contribution in [-0.2, 0) is 13.7 Å². The molecule has 0 radical (unpaired) electrons. The number of hydrogen-bond acceptors (Lipinski definition) is 3. The van der Waals surface area contributed by atoms with Crippen molar-refractivity contribution >= 4 is 22.5 Å². The molecule has 112 valence electrons. The Hall–Kier alpha value is -2.46. The van der Waals surface area contributed by atoms with Gasteiger partial charge in [-0.05, 0) is 35.9 Å². The summed E-state index contributed by atoms with van der Waals surface area (Å²) >= 11 is 5.85. The summed E-state index contributed by atoms with van der Waals surface area (Å²) in [4.78, 5) is 11.8. The summed E-state index contributed by atoms with van der Waals surface area (Å²) in [6, 6.07) is 14.3. The molecule has 0 fully saturated rings. The largest absolute Gasteiger partial charge is 0.503 e. The van der Waals surface area contributed by atoms with E-state index in [1.807, 2.05) is 36.4 Å². The number of aromatic hydroxyl groups is 1. The molecule has 0 aliphatic rings. The monoisotopic (exact) mass is 315 g/mol. The molecule has 0 saturated heterocycles. The molecule has 1 aromatic heterocycles. The lowest BCUT2D eigenvalue weighted by atomic mass is 10.2. The Bertz CT molecular complexity index is 885. The van der Waals surface area contributed by atoms with E-state index in [2.05, 4.69) is 0 Å². The fourth-order valence-corrected chi connectivity index (χ4v) is 2.39. The van der Waals surface area contributed by atoms with Crippen LogP contribution in [0.25, 0.3) is 10.9 Å². The van der Waals surface area contributed by atoms with Crippen LogP contribution >= 0.6 is 11.6 Å². The molecular weight excluding hydrogens is 302 g/mol. The maximum Gasteiger partial charge on any atom is 0.292 e. The van der Waals surface area contributed by atoms with Gasteiger partial charge in [-0.1, -0.05) is 23.7 Å². The second-order valence-electron chi connectivity index (χ2n) is 5.03. The van der Waals surface area contributed by atoms with Crippen molar-refractivity contribution in [2.45, 2.75) is 6.61 Å². The molecule has 0 aliphatic carbocycles. The van der Waals surface area contributed by atoms with Crippen molar-refractivity contribution in [1.82, 2.24) is 4.57 Å². The van der Waals surface area contributed by atoms with E-state index in [0.29, 0.717) is 22.9 Å². The number of rotatable bonds is 3. The second-order valence-corrected chi connectivity index (χ2v) is 5.47. The predicted molar refractivity (Wildman–Crippen MR) is 86.6 cm³/mol. The van der Waals surface area contributed by atoms with Gasteiger partial charge in [-0.15, -0.1) is 0 Å². The topological polar surface area (TPSA) is 51.5 Å². The van der Waals surface area contributed by atoms with Crippen LogP contribution in [0.2, 0.25) is 5.02 Å². The number of aromatic nitrogens is 1. The third kappa shape index (κ3) is 2.78. The molecule has 1 heterocycles. The van der Waals surface area contributed by atoms with Crippen molar-refractivity contribution in [3.05, 3.63) is 69.5 Å². The van der Waals surface area contributed by atoms with Gasteiger partial charge in [-0.2, -0.15) is 0 Å². The summed E-state index contributed by atoms with van der Waals surface area (Å²) < 4.78 is 7.15. The molecule has 22 heavy (non-hydrogen) atoms. The van der Waals surface area contributed by atoms with Crippen LogP contribution in [0.1, 0.15) is 5.56 Å². The normalized spacial score (nSPS) is 10.8. The van der Waals surface area contributed by atoms with Gasteiger partial charge in [0, 0.05) is 23.5 Å². The van der Waals surface area contributed by atoms with Gasteiger partial charge in [-0.25, -0.2) is 0 Å². The molecule has 0 bridgehead atoms. The Kier molecular flexibility index (Phi) is 3.77. The van der Waals surface area contributed by atoms with Crippen molar-refractivity contribution in [2.24, 2.45) is 7.05 Å². The maximum atomic E-state index is 11.8. The lowest BCUT2D eigenvalue weighted by Gasteiger charge is -2.10. The van der Waals surface area contributed by atoms with Crippen LogP contribution in [0.5, 0.6) is 11.5 Å². The molecule has 0 saturated carbocycles. The summed E-state index contributed by atoms with van der Waals surface area (Å²) in [7, 11) is 1.62. The fraction of sp³-hybridized carbons (Fsp3) is 0.118. The molecule has 4 nitrogen and oxygen atoms in total. The van der Waals surface area contributed by atoms with Gasteiger partial charge >= 0.3 is 0 Å². The molecule has 2 aromatic carbocycles. The van der Waals surface area contributed by atoms with Gasteiger partial charge in [0.15, 0.2) is 5.75 Å². The molecule has 0 atom stereocenters. The summed E-state index contributed by atoms with van der Waals surface area (Å²) in [6.45, 7) is 0.411. The van der Waals surface area contributed by atoms with E-state index >= 15 is 0 Å². The van der Waals surface area contributed by atoms with E-state index in [0.717, 1.165) is 10.9 Å². The number of hydrogen-bond donors (Lipinski definition) is 1. The maximum absolute atomic E-state index is 11.8. The average Bonchev–Trinajstić information content (AvgIpc) is 2.52. The highest BCUT2D eigenvalue weighted by Crippen LogP contribution is 2.22. The summed E-state index contributed by atoms with van der Waals surface area (Å²) in [5, 5.41) is 11.0. The lowest BCUT2D eigenvalue weighted by molar-refractivity contribution is 0.306. The van der Waals surface area contributed by atoms with E-state index in [-0.39, 0.29) is 5.75 Å². The zero-order valence-corrected chi connectivity index (χ0v) is 12.7. The first-order chi connectivity index (χ1) is 10.5. The van der Waals surface area contributed by atoms with E-state index < -0.39 is 5.56 Å². The number of nitrogens with zero attached hydrogens (tertiary/aromatic N) is 1. The number of benzene rings is 2. The number of pyridine rings is 1. The van der Waals surface area contributed by atoms with Crippen LogP contribution in [0, 0.1) is 0 Å². The summed E-state index contributed by atoms with van der Waals surface area (Å²) in [5.74, 6) is 0.396. The third-order valence-electron chi connectivity index (χ3n) is 3.50. The highest BCUT2D eigenvalue weighted by molar-refractivity contribution is 6.30. The Morgan fingerprint density at radius 2 is 1.86 bits per heavy atom. The molecule has 0 spiro atoms. The molecule has 1 N–H and O–H groups in total. The first kappa shape index (κ1) is 14.5. The van der Waals surface area contributed by atoms with E-state index in [4.69, 9.17) is 16.3 Å². The van der Waals surface area contributed by atoms with Crippen molar-refractivity contribution in [3.63, 3.8) is 0 Å². The van der Waals surface area contributed by atoms with Crippen LogP contribution in [-0.4, -0.2) is 9.67 Å². The first-order valence-electron chi connectivity index (χ1n) is 6.74. The van der Waals surface area contributed by atoms with Gasteiger partial charge in [0.2, 0.25) is 0 Å². The highest BCUT2D eigenvalue weighted by Gasteiger charge is 2.06. The number of aryl methyl sites for hydroxylation is 1. The minimum atomic E-state index is -0.428. The van der Waals surface area contributed by atoms with Crippen molar-refractivity contribution in [2.75, 3.05) is 0 Å². The summed E-state index contributed by atoms with van der Waals surface area (Å²) in [6.07, 6.45) is 0. The average molecular weight is 316 g/mol. The first-order valence-corrected chi connectivity index (χ1v) is 7.12. The minimum absolute atomic E-state index is 0.259. The third-order valence-corrected chi connectivity index (χ3v) is 3.75. The highest BCUT2D eigenvalue weighted by atomic mass is 35.5. The Balaban J connectivity index is 1.89. The standard InChI is InChI=1S/C17H14ClNO3/c1-19-15-9-14(7-4-12(15)8-16(20)17(19)21)22-10-11-2-5-13(18)6-3-11/h2-9,20H,10H2,1H3. The number of ether oxygens (including phenoxy) is 1. The Morgan fingerprint density at radius 3 is 2.59 bits per heavy atom.